The van der Waals surface area contributed by atoms with Crippen LogP contribution in [0.25, 0.3) is 0 Å². The molecule has 1 aromatic rings. The van der Waals surface area contributed by atoms with Crippen LogP contribution < -0.4 is 5.32 Å². The summed E-state index contributed by atoms with van der Waals surface area (Å²) in [5.41, 5.74) is 0. The molecule has 24 heavy (non-hydrogen) atoms. The number of rotatable bonds is 4. The lowest BCUT2D eigenvalue weighted by molar-refractivity contribution is -0.131. The lowest BCUT2D eigenvalue weighted by Gasteiger charge is -2.24. The predicted octanol–water partition coefficient (Wildman–Crippen LogP) is 1.41. The Bertz CT molecular complexity index is 601. The molecule has 0 bridgehead atoms. The molecule has 0 aliphatic carbocycles. The van der Waals surface area contributed by atoms with Crippen LogP contribution in [-0.2, 0) is 22.5 Å². The molecule has 1 atom stereocenters. The highest BCUT2D eigenvalue weighted by atomic mass is 16.5. The number of alkyl carbamates (subject to hydrolysis) is 1. The molecule has 1 N–H and O–H groups in total. The fourth-order valence-corrected chi connectivity index (χ4v) is 3.52. The number of likely N-dealkylation sites (tertiary alicyclic amines) is 1. The van der Waals surface area contributed by atoms with Crippen LogP contribution in [0.4, 0.5) is 4.79 Å². The minimum Gasteiger partial charge on any atom is -0.450 e. The second kappa shape index (κ2) is 7.63. The highest BCUT2D eigenvalue weighted by Gasteiger charge is 2.34. The zero-order chi connectivity index (χ0) is 16.9. The van der Waals surface area contributed by atoms with Gasteiger partial charge in [0.1, 0.15) is 12.4 Å². The van der Waals surface area contributed by atoms with Crippen molar-refractivity contribution < 1.29 is 14.3 Å². The molecule has 2 aliphatic heterocycles. The summed E-state index contributed by atoms with van der Waals surface area (Å²) >= 11 is 0. The summed E-state index contributed by atoms with van der Waals surface area (Å²) in [4.78, 5) is 25.7. The van der Waals surface area contributed by atoms with Gasteiger partial charge in [0.25, 0.3) is 0 Å². The Kier molecular flexibility index (Phi) is 5.32. The van der Waals surface area contributed by atoms with Crippen molar-refractivity contribution in [3.05, 3.63) is 11.6 Å². The van der Waals surface area contributed by atoms with Gasteiger partial charge < -0.3 is 19.5 Å². The number of fused-ring (bicyclic) bond motifs is 1. The Hall–Kier alpha value is -2.12. The quantitative estimate of drug-likeness (QED) is 0.899. The van der Waals surface area contributed by atoms with Crippen molar-refractivity contribution in [3.8, 4) is 0 Å². The third-order valence-electron chi connectivity index (χ3n) is 4.67. The van der Waals surface area contributed by atoms with Crippen molar-refractivity contribution in [2.75, 3.05) is 19.7 Å². The molecule has 0 aromatic carbocycles. The third kappa shape index (κ3) is 3.52. The van der Waals surface area contributed by atoms with Gasteiger partial charge in [-0.15, -0.1) is 10.2 Å². The van der Waals surface area contributed by atoms with Crippen molar-refractivity contribution >= 4 is 12.0 Å². The van der Waals surface area contributed by atoms with Gasteiger partial charge in [-0.3, -0.25) is 4.79 Å². The monoisotopic (exact) mass is 335 g/mol. The van der Waals surface area contributed by atoms with Gasteiger partial charge in [0.2, 0.25) is 5.91 Å². The van der Waals surface area contributed by atoms with E-state index in [1.165, 1.54) is 6.42 Å². The van der Waals surface area contributed by atoms with Gasteiger partial charge in [-0.1, -0.05) is 6.42 Å². The molecule has 1 fully saturated rings. The first kappa shape index (κ1) is 16.7. The summed E-state index contributed by atoms with van der Waals surface area (Å²) in [6.45, 7) is 3.59. The molecule has 0 radical (unpaired) electrons. The van der Waals surface area contributed by atoms with Crippen LogP contribution in [0.2, 0.25) is 0 Å². The number of hydrogen-bond donors (Lipinski definition) is 1. The third-order valence-corrected chi connectivity index (χ3v) is 4.67. The number of amides is 2. The van der Waals surface area contributed by atoms with Crippen LogP contribution in [0.15, 0.2) is 0 Å². The van der Waals surface area contributed by atoms with E-state index in [9.17, 15) is 9.59 Å². The normalized spacial score (nSPS) is 20.4. The van der Waals surface area contributed by atoms with E-state index in [0.29, 0.717) is 6.54 Å². The van der Waals surface area contributed by atoms with Gasteiger partial charge in [0.05, 0.1) is 12.6 Å². The molecule has 0 spiro atoms. The molecular formula is C16H25N5O3. The van der Waals surface area contributed by atoms with Crippen molar-refractivity contribution in [3.63, 3.8) is 0 Å². The zero-order valence-corrected chi connectivity index (χ0v) is 14.2. The van der Waals surface area contributed by atoms with Crippen LogP contribution in [0, 0.1) is 0 Å². The number of carbonyl (C=O) groups excluding carboxylic acids is 2. The summed E-state index contributed by atoms with van der Waals surface area (Å²) in [6.07, 6.45) is 5.72. The van der Waals surface area contributed by atoms with Crippen LogP contribution in [0.5, 0.6) is 0 Å². The fourth-order valence-electron chi connectivity index (χ4n) is 3.52. The molecule has 3 heterocycles. The maximum atomic E-state index is 12.5. The van der Waals surface area contributed by atoms with Crippen molar-refractivity contribution in [1.29, 1.82) is 0 Å². The van der Waals surface area contributed by atoms with Gasteiger partial charge in [-0.2, -0.15) is 0 Å². The van der Waals surface area contributed by atoms with E-state index in [4.69, 9.17) is 4.74 Å². The number of aromatic nitrogens is 3. The van der Waals surface area contributed by atoms with E-state index < -0.39 is 6.09 Å². The smallest absolute Gasteiger partial charge is 0.407 e. The molecule has 0 saturated carbocycles. The van der Waals surface area contributed by atoms with E-state index in [1.54, 1.807) is 6.92 Å². The van der Waals surface area contributed by atoms with E-state index in [2.05, 4.69) is 20.1 Å². The Morgan fingerprint density at radius 2 is 2.08 bits per heavy atom. The number of nitrogens with one attached hydrogen (secondary N) is 1. The van der Waals surface area contributed by atoms with Gasteiger partial charge >= 0.3 is 6.09 Å². The first-order valence-corrected chi connectivity index (χ1v) is 8.82. The Labute approximate surface area is 141 Å². The second-order valence-corrected chi connectivity index (χ2v) is 6.26. The molecule has 3 rings (SSSR count). The summed E-state index contributed by atoms with van der Waals surface area (Å²) in [5.74, 6) is 1.83. The van der Waals surface area contributed by atoms with E-state index in [0.717, 1.165) is 50.3 Å². The molecule has 8 heteroatoms. The number of nitrogens with zero attached hydrogens (tertiary/aromatic N) is 4. The van der Waals surface area contributed by atoms with Crippen molar-refractivity contribution in [2.24, 2.45) is 0 Å². The predicted molar refractivity (Wildman–Crippen MR) is 86.3 cm³/mol. The number of ether oxygens (including phenoxy) is 1. The number of carbonyl (C=O) groups is 2. The Morgan fingerprint density at radius 3 is 2.92 bits per heavy atom. The summed E-state index contributed by atoms with van der Waals surface area (Å²) in [7, 11) is 0. The second-order valence-electron chi connectivity index (χ2n) is 6.26. The lowest BCUT2D eigenvalue weighted by atomic mass is 10.2. The SMILES string of the molecule is CCOC(=O)NCC(=O)N1CCC[C@@H]1c1nnc2n1CCCCC2. The first-order valence-electron chi connectivity index (χ1n) is 8.82. The standard InChI is InChI=1S/C16H25N5O3/c1-2-24-16(23)17-11-14(22)20-10-6-7-12(20)15-19-18-13-8-4-3-5-9-21(13)15/h12H,2-11H2,1H3,(H,17,23)/t12-/m1/s1. The Balaban J connectivity index is 1.68. The number of hydrogen-bond acceptors (Lipinski definition) is 5. The summed E-state index contributed by atoms with van der Waals surface area (Å²) in [6, 6.07) is -0.0409. The van der Waals surface area contributed by atoms with Crippen LogP contribution in [0.3, 0.4) is 0 Å². The summed E-state index contributed by atoms with van der Waals surface area (Å²) < 4.78 is 6.99. The average molecular weight is 335 g/mol. The molecule has 8 nitrogen and oxygen atoms in total. The minimum absolute atomic E-state index is 0.0409. The van der Waals surface area contributed by atoms with Crippen molar-refractivity contribution in [1.82, 2.24) is 25.0 Å². The zero-order valence-electron chi connectivity index (χ0n) is 14.2. The molecule has 2 aliphatic rings. The molecule has 2 amide bonds. The van der Waals surface area contributed by atoms with E-state index in [-0.39, 0.29) is 25.1 Å². The average Bonchev–Trinajstić information content (AvgIpc) is 3.14. The van der Waals surface area contributed by atoms with E-state index in [1.807, 2.05) is 4.90 Å². The maximum Gasteiger partial charge on any atom is 0.407 e. The largest absolute Gasteiger partial charge is 0.450 e. The van der Waals surface area contributed by atoms with Crippen LogP contribution in [0.1, 0.15) is 56.7 Å². The van der Waals surface area contributed by atoms with Crippen LogP contribution in [-0.4, -0.2) is 51.4 Å². The first-order chi connectivity index (χ1) is 11.7. The summed E-state index contributed by atoms with van der Waals surface area (Å²) in [5, 5.41) is 11.2. The van der Waals surface area contributed by atoms with Gasteiger partial charge in [-0.25, -0.2) is 4.79 Å². The maximum absolute atomic E-state index is 12.5. The van der Waals surface area contributed by atoms with Gasteiger partial charge in [-0.05, 0) is 32.6 Å². The highest BCUT2D eigenvalue weighted by Crippen LogP contribution is 2.32. The lowest BCUT2D eigenvalue weighted by Crippen LogP contribution is -2.40. The molecule has 1 aromatic heterocycles. The topological polar surface area (TPSA) is 89.3 Å². The molecule has 0 unspecified atom stereocenters. The van der Waals surface area contributed by atoms with Crippen molar-refractivity contribution in [2.45, 2.75) is 58.0 Å². The molecule has 1 saturated heterocycles. The Morgan fingerprint density at radius 1 is 1.21 bits per heavy atom. The minimum atomic E-state index is -0.557. The molecule has 132 valence electrons. The van der Waals surface area contributed by atoms with Gasteiger partial charge in [0.15, 0.2) is 5.82 Å². The molecular weight excluding hydrogens is 310 g/mol. The highest BCUT2D eigenvalue weighted by molar-refractivity contribution is 5.82. The van der Waals surface area contributed by atoms with E-state index >= 15 is 0 Å². The van der Waals surface area contributed by atoms with Crippen LogP contribution >= 0.6 is 0 Å². The number of aryl methyl sites for hydroxylation is 1. The fraction of sp³-hybridized carbons (Fsp3) is 0.750. The van der Waals surface area contributed by atoms with Gasteiger partial charge in [0, 0.05) is 19.5 Å².